The van der Waals surface area contributed by atoms with E-state index >= 15 is 0 Å². The summed E-state index contributed by atoms with van der Waals surface area (Å²) in [5.74, 6) is -0.493. The molecule has 3 rings (SSSR count). The van der Waals surface area contributed by atoms with Crippen LogP contribution in [0.2, 0.25) is 0 Å². The predicted molar refractivity (Wildman–Crippen MR) is 93.5 cm³/mol. The lowest BCUT2D eigenvalue weighted by atomic mass is 10.2. The smallest absolute Gasteiger partial charge is 0.163 e. The summed E-state index contributed by atoms with van der Waals surface area (Å²) in [5, 5.41) is 9.85. The van der Waals surface area contributed by atoms with E-state index in [1.165, 1.54) is 10.9 Å². The topological polar surface area (TPSA) is 52.9 Å². The number of ether oxygens (including phenoxy) is 3. The van der Waals surface area contributed by atoms with Gasteiger partial charge in [0, 0.05) is 35.2 Å². The molecule has 0 bridgehead atoms. The third kappa shape index (κ3) is 5.02. The number of methoxy groups -OCH3 is 1. The van der Waals surface area contributed by atoms with Gasteiger partial charge in [-0.1, -0.05) is 22.0 Å². The molecule has 2 heterocycles. The first kappa shape index (κ1) is 18.4. The predicted octanol–water partition coefficient (Wildman–Crippen LogP) is 3.18. The van der Waals surface area contributed by atoms with Crippen molar-refractivity contribution in [1.29, 1.82) is 0 Å². The van der Waals surface area contributed by atoms with Crippen molar-refractivity contribution < 1.29 is 19.3 Å². The lowest BCUT2D eigenvalue weighted by Crippen LogP contribution is -2.22. The molecule has 5 nitrogen and oxygen atoms in total. The standard InChI is InChI=1S/C11H12BrNO.C6H12O3/c1-14-8-7-13-6-5-9-10(12)3-2-4-11(9)13;1-6(2)8-4-5(3-7)9-6/h2-6H,7-8H2,1H3;5,7H,3-4H2,1-2H3. The van der Waals surface area contributed by atoms with E-state index in [4.69, 9.17) is 19.3 Å². The van der Waals surface area contributed by atoms with Crippen LogP contribution in [0.3, 0.4) is 0 Å². The molecule has 23 heavy (non-hydrogen) atoms. The van der Waals surface area contributed by atoms with Crippen LogP contribution in [-0.4, -0.2) is 48.5 Å². The van der Waals surface area contributed by atoms with Crippen LogP contribution in [0.25, 0.3) is 10.9 Å². The van der Waals surface area contributed by atoms with Gasteiger partial charge in [0.15, 0.2) is 5.79 Å². The van der Waals surface area contributed by atoms with E-state index < -0.39 is 5.79 Å². The first-order valence-electron chi connectivity index (χ1n) is 7.62. The van der Waals surface area contributed by atoms with Gasteiger partial charge in [-0.05, 0) is 32.0 Å². The number of hydrogen-bond acceptors (Lipinski definition) is 4. The molecule has 1 N–H and O–H groups in total. The number of nitrogens with zero attached hydrogens (tertiary/aromatic N) is 1. The molecular formula is C17H24BrNO4. The molecular weight excluding hydrogens is 362 g/mol. The van der Waals surface area contributed by atoms with Crippen LogP contribution in [-0.2, 0) is 20.8 Å². The van der Waals surface area contributed by atoms with Gasteiger partial charge in [0.25, 0.3) is 0 Å². The average Bonchev–Trinajstić information content (AvgIpc) is 3.10. The number of aliphatic hydroxyl groups is 1. The maximum atomic E-state index is 8.59. The van der Waals surface area contributed by atoms with Crippen molar-refractivity contribution in [2.45, 2.75) is 32.3 Å². The molecule has 1 aromatic heterocycles. The van der Waals surface area contributed by atoms with Crippen molar-refractivity contribution in [3.8, 4) is 0 Å². The summed E-state index contributed by atoms with van der Waals surface area (Å²) in [5.41, 5.74) is 1.25. The fraction of sp³-hybridized carbons (Fsp3) is 0.529. The highest BCUT2D eigenvalue weighted by Crippen LogP contribution is 2.24. The van der Waals surface area contributed by atoms with E-state index in [9.17, 15) is 0 Å². The van der Waals surface area contributed by atoms with Gasteiger partial charge in [-0.2, -0.15) is 0 Å². The third-order valence-corrected chi connectivity index (χ3v) is 4.26. The zero-order valence-corrected chi connectivity index (χ0v) is 15.4. The Morgan fingerprint density at radius 1 is 1.39 bits per heavy atom. The lowest BCUT2D eigenvalue weighted by Gasteiger charge is -2.15. The Kier molecular flexibility index (Phi) is 6.61. The maximum absolute atomic E-state index is 8.59. The van der Waals surface area contributed by atoms with Crippen LogP contribution in [0.5, 0.6) is 0 Å². The van der Waals surface area contributed by atoms with Crippen LogP contribution in [0.1, 0.15) is 13.8 Å². The zero-order chi connectivity index (χ0) is 16.9. The van der Waals surface area contributed by atoms with E-state index in [0.717, 1.165) is 17.6 Å². The number of fused-ring (bicyclic) bond motifs is 1. The minimum atomic E-state index is -0.493. The van der Waals surface area contributed by atoms with Crippen LogP contribution in [0.15, 0.2) is 34.9 Å². The van der Waals surface area contributed by atoms with Crippen molar-refractivity contribution in [3.63, 3.8) is 0 Å². The van der Waals surface area contributed by atoms with Gasteiger partial charge < -0.3 is 23.9 Å². The quantitative estimate of drug-likeness (QED) is 0.877. The molecule has 0 saturated carbocycles. The summed E-state index contributed by atoms with van der Waals surface area (Å²) < 4.78 is 18.8. The van der Waals surface area contributed by atoms with Crippen LogP contribution >= 0.6 is 15.9 Å². The lowest BCUT2D eigenvalue weighted by molar-refractivity contribution is -0.142. The largest absolute Gasteiger partial charge is 0.394 e. The van der Waals surface area contributed by atoms with E-state index in [2.05, 4.69) is 51.0 Å². The van der Waals surface area contributed by atoms with Gasteiger partial charge in [-0.15, -0.1) is 0 Å². The Balaban J connectivity index is 0.000000185. The highest BCUT2D eigenvalue weighted by atomic mass is 79.9. The normalized spacial score (nSPS) is 19.6. The third-order valence-electron chi connectivity index (χ3n) is 3.57. The maximum Gasteiger partial charge on any atom is 0.163 e. The SMILES string of the molecule is CC1(C)OCC(CO)O1.COCCn1ccc2c(Br)cccc21. The summed E-state index contributed by atoms with van der Waals surface area (Å²) in [4.78, 5) is 0. The first-order valence-corrected chi connectivity index (χ1v) is 8.41. The van der Waals surface area contributed by atoms with Crippen molar-refractivity contribution in [2.75, 3.05) is 26.9 Å². The number of aromatic nitrogens is 1. The van der Waals surface area contributed by atoms with Crippen LogP contribution in [0.4, 0.5) is 0 Å². The Hall–Kier alpha value is -0.920. The number of rotatable bonds is 4. The number of aliphatic hydroxyl groups excluding tert-OH is 1. The van der Waals surface area contributed by atoms with Crippen molar-refractivity contribution in [1.82, 2.24) is 4.57 Å². The van der Waals surface area contributed by atoms with Crippen LogP contribution < -0.4 is 0 Å². The van der Waals surface area contributed by atoms with E-state index in [1.807, 2.05) is 13.8 Å². The van der Waals surface area contributed by atoms with Crippen molar-refractivity contribution in [3.05, 3.63) is 34.9 Å². The van der Waals surface area contributed by atoms with Crippen molar-refractivity contribution >= 4 is 26.8 Å². The van der Waals surface area contributed by atoms with Gasteiger partial charge in [-0.3, -0.25) is 0 Å². The van der Waals surface area contributed by atoms with Crippen LogP contribution in [0, 0.1) is 0 Å². The van der Waals surface area contributed by atoms with Gasteiger partial charge in [0.1, 0.15) is 6.10 Å². The van der Waals surface area contributed by atoms with Gasteiger partial charge in [0.2, 0.25) is 0 Å². The summed E-state index contributed by atoms with van der Waals surface area (Å²) in [6.45, 7) is 5.87. The molecule has 0 amide bonds. The molecule has 0 aliphatic carbocycles. The fourth-order valence-electron chi connectivity index (χ4n) is 2.42. The summed E-state index contributed by atoms with van der Waals surface area (Å²) in [6.07, 6.45) is 1.97. The molecule has 0 radical (unpaired) electrons. The fourth-order valence-corrected chi connectivity index (χ4v) is 2.91. The molecule has 128 valence electrons. The van der Waals surface area contributed by atoms with Gasteiger partial charge in [0.05, 0.1) is 19.8 Å². The second-order valence-corrected chi connectivity index (χ2v) is 6.66. The second-order valence-electron chi connectivity index (χ2n) is 5.81. The molecule has 1 fully saturated rings. The zero-order valence-electron chi connectivity index (χ0n) is 13.8. The molecule has 1 aliphatic rings. The van der Waals surface area contributed by atoms with E-state index in [1.54, 1.807) is 7.11 Å². The summed E-state index contributed by atoms with van der Waals surface area (Å²) >= 11 is 3.53. The minimum absolute atomic E-state index is 0.0451. The summed E-state index contributed by atoms with van der Waals surface area (Å²) in [6, 6.07) is 8.35. The van der Waals surface area contributed by atoms with Crippen molar-refractivity contribution in [2.24, 2.45) is 0 Å². The second kappa shape index (κ2) is 8.26. The van der Waals surface area contributed by atoms with E-state index in [0.29, 0.717) is 6.61 Å². The van der Waals surface area contributed by atoms with Gasteiger partial charge >= 0.3 is 0 Å². The molecule has 1 atom stereocenters. The number of halogens is 1. The number of benzene rings is 1. The average molecular weight is 386 g/mol. The minimum Gasteiger partial charge on any atom is -0.394 e. The Morgan fingerprint density at radius 2 is 2.17 bits per heavy atom. The molecule has 1 saturated heterocycles. The van der Waals surface area contributed by atoms with Gasteiger partial charge in [-0.25, -0.2) is 0 Å². The number of hydrogen-bond donors (Lipinski definition) is 1. The first-order chi connectivity index (χ1) is 11.0. The Labute approximate surface area is 145 Å². The Morgan fingerprint density at radius 3 is 2.74 bits per heavy atom. The molecule has 6 heteroatoms. The highest BCUT2D eigenvalue weighted by molar-refractivity contribution is 9.10. The Bertz CT molecular complexity index is 626. The molecule has 2 aromatic rings. The monoisotopic (exact) mass is 385 g/mol. The highest BCUT2D eigenvalue weighted by Gasteiger charge is 2.31. The van der Waals surface area contributed by atoms with E-state index in [-0.39, 0.29) is 12.7 Å². The molecule has 1 aliphatic heterocycles. The molecule has 0 spiro atoms. The summed E-state index contributed by atoms with van der Waals surface area (Å²) in [7, 11) is 1.72. The molecule has 1 unspecified atom stereocenters. The molecule has 1 aromatic carbocycles.